The average molecular weight is 578 g/mol. The van der Waals surface area contributed by atoms with Gasteiger partial charge in [-0.05, 0) is 61.3 Å². The van der Waals surface area contributed by atoms with Gasteiger partial charge in [-0.1, -0.05) is 0 Å². The predicted molar refractivity (Wildman–Crippen MR) is 133 cm³/mol. The third kappa shape index (κ3) is 12.1. The Morgan fingerprint density at radius 3 is 1.02 bits per heavy atom. The molecule has 15 heteroatoms. The topological polar surface area (TPSA) is 219 Å². The quantitative estimate of drug-likeness (QED) is 0.312. The van der Waals surface area contributed by atoms with Gasteiger partial charge in [0.15, 0.2) is 48.5 Å². The predicted octanol–water partition coefficient (Wildman–Crippen LogP) is 0.897. The first kappa shape index (κ1) is 36.4. The van der Waals surface area contributed by atoms with Gasteiger partial charge in [-0.3, -0.25) is 4.79 Å². The summed E-state index contributed by atoms with van der Waals surface area (Å²) < 4.78 is 35.1. The van der Waals surface area contributed by atoms with Crippen molar-refractivity contribution in [2.45, 2.75) is 110 Å². The number of Topliss-reactive ketones (excluding diaryl/α,β-unsaturated/α-hetero) is 1. The normalized spacial score (nSPS) is 31.5. The smallest absolute Gasteiger partial charge is 0.347 e. The molecule has 7 unspecified atom stereocenters. The van der Waals surface area contributed by atoms with E-state index in [2.05, 4.69) is 0 Å². The van der Waals surface area contributed by atoms with Crippen LogP contribution in [0.5, 0.6) is 0 Å². The van der Waals surface area contributed by atoms with Crippen LogP contribution < -0.4 is 6.15 Å². The number of ketones is 1. The third-order valence-electron chi connectivity index (χ3n) is 5.39. The van der Waals surface area contributed by atoms with Crippen LogP contribution in [0.1, 0.15) is 67.7 Å². The van der Waals surface area contributed by atoms with Gasteiger partial charge in [-0.2, -0.15) is 0 Å². The number of hydrogen-bond donors (Lipinski definition) is 1. The maximum atomic E-state index is 12.3. The van der Waals surface area contributed by atoms with E-state index < -0.39 is 78.5 Å². The van der Waals surface area contributed by atoms with Gasteiger partial charge in [0.2, 0.25) is 0 Å². The summed E-state index contributed by atoms with van der Waals surface area (Å²) in [5, 5.41) is 0. The van der Waals surface area contributed by atoms with E-state index >= 15 is 0 Å². The summed E-state index contributed by atoms with van der Waals surface area (Å²) in [5.41, 5.74) is 0. The zero-order valence-electron chi connectivity index (χ0n) is 23.8. The molecule has 0 radical (unpaired) electrons. The molecule has 0 aromatic heterocycles. The largest absolute Gasteiger partial charge is 0.452 e. The zero-order chi connectivity index (χ0) is 29.9. The molecule has 1 fully saturated rings. The van der Waals surface area contributed by atoms with Crippen molar-refractivity contribution in [3.8, 4) is 0 Å². The summed E-state index contributed by atoms with van der Waals surface area (Å²) in [6, 6.07) is 0. The van der Waals surface area contributed by atoms with Gasteiger partial charge in [-0.15, -0.1) is 0 Å². The Labute approximate surface area is 232 Å². The molecule has 0 amide bonds. The van der Waals surface area contributed by atoms with Crippen molar-refractivity contribution in [1.29, 1.82) is 0 Å². The zero-order valence-corrected chi connectivity index (χ0v) is 23.8. The van der Waals surface area contributed by atoms with E-state index in [0.29, 0.717) is 12.8 Å². The van der Waals surface area contributed by atoms with Gasteiger partial charge in [0.05, 0.1) is 0 Å². The summed E-state index contributed by atoms with van der Waals surface area (Å²) in [6.07, 6.45) is -8.60. The van der Waals surface area contributed by atoms with Gasteiger partial charge < -0.3 is 39.3 Å². The van der Waals surface area contributed by atoms with E-state index in [0.717, 1.165) is 6.92 Å². The van der Waals surface area contributed by atoms with Crippen molar-refractivity contribution in [2.75, 3.05) is 6.61 Å². The highest BCUT2D eigenvalue weighted by Gasteiger charge is 2.32. The Morgan fingerprint density at radius 2 is 0.700 bits per heavy atom. The number of ether oxygens (including phenoxy) is 7. The van der Waals surface area contributed by atoms with Crippen molar-refractivity contribution in [2.24, 2.45) is 0 Å². The number of rotatable bonds is 0. The first-order valence-electron chi connectivity index (χ1n) is 12.5. The fourth-order valence-electron chi connectivity index (χ4n) is 2.86. The van der Waals surface area contributed by atoms with Crippen molar-refractivity contribution in [3.63, 3.8) is 0 Å². The number of esters is 6. The fraction of sp³-hybridized carbons (Fsp3) is 0.720. The Kier molecular flexibility index (Phi) is 15.6. The molecule has 40 heavy (non-hydrogen) atoms. The van der Waals surface area contributed by atoms with Crippen LogP contribution in [0.15, 0.2) is 0 Å². The number of carbonyl (C=O) groups excluding carboxylic acids is 7. The minimum atomic E-state index is -1.51. The molecule has 0 aromatic carbocycles. The molecule has 1 saturated heterocycles. The summed E-state index contributed by atoms with van der Waals surface area (Å²) in [5.74, 6) is -6.58. The molecule has 7 atom stereocenters. The van der Waals surface area contributed by atoms with Gasteiger partial charge in [-0.25, -0.2) is 28.8 Å². The number of cyclic esters (lactones) is 6. The first-order chi connectivity index (χ1) is 18.1. The molecule has 0 aliphatic carbocycles. The van der Waals surface area contributed by atoms with Gasteiger partial charge in [0, 0.05) is 13.0 Å². The Balaban J connectivity index is 0.0000152. The van der Waals surface area contributed by atoms with Crippen LogP contribution in [0.25, 0.3) is 0 Å². The van der Waals surface area contributed by atoms with E-state index in [9.17, 15) is 33.6 Å². The third-order valence-corrected chi connectivity index (χ3v) is 5.39. The van der Waals surface area contributed by atoms with Crippen LogP contribution in [0.3, 0.4) is 0 Å². The maximum Gasteiger partial charge on any atom is 0.347 e. The lowest BCUT2D eigenvalue weighted by atomic mass is 10.1. The molecule has 1 heterocycles. The lowest BCUT2D eigenvalue weighted by Crippen LogP contribution is -2.39. The van der Waals surface area contributed by atoms with E-state index in [-0.39, 0.29) is 25.0 Å². The molecule has 228 valence electrons. The van der Waals surface area contributed by atoms with Crippen molar-refractivity contribution in [1.82, 2.24) is 6.15 Å². The SMILES string of the molecule is CC1OC(=O)C(C)OC(=O)C(C)OC(=O)C(C)OC(=O)C(C)OC(=O)C(C)OC(=O)C(C)OCCCCC1=O.N. The highest BCUT2D eigenvalue weighted by Crippen LogP contribution is 2.11. The van der Waals surface area contributed by atoms with Gasteiger partial charge >= 0.3 is 35.8 Å². The summed E-state index contributed by atoms with van der Waals surface area (Å²) >= 11 is 0. The summed E-state index contributed by atoms with van der Waals surface area (Å²) in [6.45, 7) is 8.84. The highest BCUT2D eigenvalue weighted by molar-refractivity contribution is 5.88. The Hall–Kier alpha value is -3.59. The van der Waals surface area contributed by atoms with E-state index in [4.69, 9.17) is 33.2 Å². The minimum absolute atomic E-state index is 0. The van der Waals surface area contributed by atoms with Crippen molar-refractivity contribution < 1.29 is 66.7 Å². The monoisotopic (exact) mass is 577 g/mol. The van der Waals surface area contributed by atoms with Gasteiger partial charge in [0.25, 0.3) is 0 Å². The fourth-order valence-corrected chi connectivity index (χ4v) is 2.86. The molecule has 1 aliphatic heterocycles. The van der Waals surface area contributed by atoms with Crippen molar-refractivity contribution >= 4 is 41.6 Å². The molecular weight excluding hydrogens is 538 g/mol. The number of carbonyl (C=O) groups is 7. The lowest BCUT2D eigenvalue weighted by molar-refractivity contribution is -0.187. The standard InChI is InChI=1S/C25H36O14.H3N/c1-12-19(26)10-8-9-11-33-13(2)20(27)35-15(4)22(29)37-17(6)24(31)39-18(7)25(32)38-16(5)23(30)36-14(3)21(28)34-12;/h12-18H,8-11H2,1-7H3;1H3. The van der Waals surface area contributed by atoms with Crippen LogP contribution in [-0.4, -0.2) is 90.9 Å². The molecule has 3 N–H and O–H groups in total. The van der Waals surface area contributed by atoms with E-state index in [1.807, 2.05) is 0 Å². The van der Waals surface area contributed by atoms with E-state index in [1.165, 1.54) is 41.5 Å². The highest BCUT2D eigenvalue weighted by atomic mass is 16.7. The van der Waals surface area contributed by atoms with E-state index in [1.54, 1.807) is 0 Å². The molecule has 0 aromatic rings. The van der Waals surface area contributed by atoms with Crippen LogP contribution in [0.2, 0.25) is 0 Å². The van der Waals surface area contributed by atoms with Crippen LogP contribution >= 0.6 is 0 Å². The second kappa shape index (κ2) is 17.2. The Morgan fingerprint density at radius 1 is 0.425 bits per heavy atom. The minimum Gasteiger partial charge on any atom is -0.452 e. The molecule has 0 spiro atoms. The summed E-state index contributed by atoms with van der Waals surface area (Å²) in [4.78, 5) is 85.7. The van der Waals surface area contributed by atoms with Crippen LogP contribution in [-0.2, 0) is 66.7 Å². The van der Waals surface area contributed by atoms with Gasteiger partial charge in [0.1, 0.15) is 0 Å². The second-order valence-corrected chi connectivity index (χ2v) is 8.91. The first-order valence-corrected chi connectivity index (χ1v) is 12.5. The van der Waals surface area contributed by atoms with Crippen LogP contribution in [0, 0.1) is 0 Å². The molecule has 0 bridgehead atoms. The molecule has 15 nitrogen and oxygen atoms in total. The summed E-state index contributed by atoms with van der Waals surface area (Å²) in [7, 11) is 0. The lowest BCUT2D eigenvalue weighted by Gasteiger charge is -2.21. The van der Waals surface area contributed by atoms with Crippen molar-refractivity contribution in [3.05, 3.63) is 0 Å². The second-order valence-electron chi connectivity index (χ2n) is 8.91. The maximum absolute atomic E-state index is 12.3. The van der Waals surface area contributed by atoms with Crippen LogP contribution in [0.4, 0.5) is 0 Å². The average Bonchev–Trinajstić information content (AvgIpc) is 2.86. The number of hydrogen-bond acceptors (Lipinski definition) is 15. The molecule has 1 rings (SSSR count). The molecule has 1 aliphatic rings. The molecular formula is C25H39NO14. The molecule has 0 saturated carbocycles. The Bertz CT molecular complexity index is 934.